The maximum absolute atomic E-state index is 5.56. The molecular weight excluding hydrogens is 897 g/mol. The Hall–Kier alpha value is -0.0800. The Morgan fingerprint density at radius 2 is 0.270 bits per heavy atom. The van der Waals surface area contributed by atoms with Crippen molar-refractivity contribution in [2.24, 2.45) is 11.8 Å². The van der Waals surface area contributed by atoms with Gasteiger partial charge in [0.25, 0.3) is 0 Å². The topological polar surface area (TPSA) is 18.5 Å². The highest BCUT2D eigenvalue weighted by Crippen LogP contribution is 2.27. The van der Waals surface area contributed by atoms with Crippen LogP contribution in [0.3, 0.4) is 0 Å². The number of hydrogen-bond donors (Lipinski definition) is 0. The molecule has 74 heavy (non-hydrogen) atoms. The van der Waals surface area contributed by atoms with Crippen LogP contribution in [-0.2, 0) is 9.78 Å². The summed E-state index contributed by atoms with van der Waals surface area (Å²) in [6.07, 6.45) is 92.7. The van der Waals surface area contributed by atoms with E-state index < -0.39 is 0 Å². The fraction of sp³-hybridized carbons (Fsp3) is 1.00. The van der Waals surface area contributed by atoms with Gasteiger partial charge in [-0.2, -0.15) is 0 Å². The second kappa shape index (κ2) is 69.0. The molecule has 0 heterocycles. The van der Waals surface area contributed by atoms with Crippen LogP contribution in [-0.4, -0.2) is 13.2 Å². The molecule has 0 radical (unpaired) electrons. The summed E-state index contributed by atoms with van der Waals surface area (Å²) in [5, 5.41) is 0. The van der Waals surface area contributed by atoms with Gasteiger partial charge in [-0.05, 0) is 24.7 Å². The van der Waals surface area contributed by atoms with Crippen LogP contribution in [0, 0.1) is 11.8 Å². The summed E-state index contributed by atoms with van der Waals surface area (Å²) in [6.45, 7) is 10.9. The monoisotopic (exact) mass is 1040 g/mol. The van der Waals surface area contributed by atoms with Crippen molar-refractivity contribution in [1.29, 1.82) is 0 Å². The predicted molar refractivity (Wildman–Crippen MR) is 337 cm³/mol. The molecule has 0 aromatic carbocycles. The third-order valence-electron chi connectivity index (χ3n) is 17.6. The van der Waals surface area contributed by atoms with E-state index in [4.69, 9.17) is 9.78 Å². The first-order chi connectivity index (χ1) is 36.8. The summed E-state index contributed by atoms with van der Waals surface area (Å²) in [7, 11) is 0. The zero-order valence-corrected chi connectivity index (χ0v) is 52.6. The van der Waals surface area contributed by atoms with Gasteiger partial charge in [-0.3, -0.25) is 0 Å². The van der Waals surface area contributed by atoms with Crippen LogP contribution < -0.4 is 0 Å². The van der Waals surface area contributed by atoms with Crippen LogP contribution in [0.4, 0.5) is 0 Å². The Labute approximate surface area is 471 Å². The van der Waals surface area contributed by atoms with Gasteiger partial charge < -0.3 is 0 Å². The number of hydrogen-bond acceptors (Lipinski definition) is 2. The fourth-order valence-corrected chi connectivity index (χ4v) is 12.3. The van der Waals surface area contributed by atoms with Crippen molar-refractivity contribution < 1.29 is 9.78 Å². The Kier molecular flexibility index (Phi) is 69.0. The molecule has 0 N–H and O–H groups in total. The van der Waals surface area contributed by atoms with Crippen LogP contribution in [0.5, 0.6) is 0 Å². The van der Waals surface area contributed by atoms with Crippen molar-refractivity contribution in [3.8, 4) is 0 Å². The Morgan fingerprint density at radius 1 is 0.149 bits per heavy atom. The lowest BCUT2D eigenvalue weighted by molar-refractivity contribution is -0.295. The Bertz CT molecular complexity index is 810. The van der Waals surface area contributed by atoms with Gasteiger partial charge in [0.2, 0.25) is 0 Å². The molecule has 0 bridgehead atoms. The molecule has 0 unspecified atom stereocenters. The third-order valence-corrected chi connectivity index (χ3v) is 17.6. The maximum atomic E-state index is 5.56. The first kappa shape index (κ1) is 73.9. The SMILES string of the molecule is CCCCCCCCCCCCC(CCCCCCCCCCCC)CCCCCCCCCCCOOCCCCCCCCCCCC(CCCCCCCCCCCC)CCCCCCCCCCCC. The molecule has 0 amide bonds. The molecule has 0 aliphatic carbocycles. The summed E-state index contributed by atoms with van der Waals surface area (Å²) in [6, 6.07) is 0. The standard InChI is InChI=1S/C72H146O2/c1-5-9-13-17-21-25-31-39-47-55-63-71(64-56-48-40-32-26-22-18-14-10-6-2)67-59-51-43-35-29-37-45-53-61-69-73-74-70-62-54-46-38-30-36-44-52-60-68-72(65-57-49-41-33-27-23-19-15-11-7-3)66-58-50-42-34-28-24-20-16-12-8-4/h71-72H,5-70H2,1-4H3. The van der Waals surface area contributed by atoms with E-state index in [9.17, 15) is 0 Å². The van der Waals surface area contributed by atoms with Crippen LogP contribution in [0.25, 0.3) is 0 Å². The molecule has 0 saturated carbocycles. The van der Waals surface area contributed by atoms with Crippen molar-refractivity contribution in [2.45, 2.75) is 439 Å². The second-order valence-electron chi connectivity index (χ2n) is 25.2. The first-order valence-electron chi connectivity index (χ1n) is 36.0. The summed E-state index contributed by atoms with van der Waals surface area (Å²) in [5.41, 5.74) is 0. The van der Waals surface area contributed by atoms with E-state index in [1.54, 1.807) is 0 Å². The van der Waals surface area contributed by atoms with E-state index in [-0.39, 0.29) is 0 Å². The maximum Gasteiger partial charge on any atom is 0.0822 e. The number of rotatable bonds is 69. The molecule has 0 aliphatic rings. The van der Waals surface area contributed by atoms with Gasteiger partial charge >= 0.3 is 0 Å². The number of unbranched alkanes of at least 4 members (excludes halogenated alkanes) is 52. The zero-order valence-electron chi connectivity index (χ0n) is 52.6. The van der Waals surface area contributed by atoms with E-state index in [2.05, 4.69) is 27.7 Å². The van der Waals surface area contributed by atoms with Crippen molar-refractivity contribution in [2.75, 3.05) is 13.2 Å². The lowest BCUT2D eigenvalue weighted by Crippen LogP contribution is -2.02. The van der Waals surface area contributed by atoms with E-state index in [0.717, 1.165) is 37.9 Å². The molecule has 0 atom stereocenters. The van der Waals surface area contributed by atoms with Crippen LogP contribution >= 0.6 is 0 Å². The minimum atomic E-state index is 0.777. The average Bonchev–Trinajstić information content (AvgIpc) is 3.41. The van der Waals surface area contributed by atoms with Gasteiger partial charge in [-0.1, -0.05) is 426 Å². The minimum Gasteiger partial charge on any atom is -0.237 e. The molecule has 0 aromatic heterocycles. The van der Waals surface area contributed by atoms with E-state index in [0.29, 0.717) is 0 Å². The van der Waals surface area contributed by atoms with Crippen molar-refractivity contribution >= 4 is 0 Å². The average molecular weight is 1040 g/mol. The van der Waals surface area contributed by atoms with E-state index >= 15 is 0 Å². The summed E-state index contributed by atoms with van der Waals surface area (Å²) < 4.78 is 0. The highest BCUT2D eigenvalue weighted by Gasteiger charge is 2.11. The lowest BCUT2D eigenvalue weighted by Gasteiger charge is -2.17. The molecule has 0 aliphatic heterocycles. The van der Waals surface area contributed by atoms with Crippen LogP contribution in [0.15, 0.2) is 0 Å². The van der Waals surface area contributed by atoms with Crippen molar-refractivity contribution in [3.63, 3.8) is 0 Å². The summed E-state index contributed by atoms with van der Waals surface area (Å²) >= 11 is 0. The third kappa shape index (κ3) is 64.4. The van der Waals surface area contributed by atoms with Gasteiger partial charge in [0.1, 0.15) is 0 Å². The largest absolute Gasteiger partial charge is 0.237 e. The van der Waals surface area contributed by atoms with Crippen LogP contribution in [0.2, 0.25) is 0 Å². The van der Waals surface area contributed by atoms with Gasteiger partial charge in [-0.25, -0.2) is 9.78 Å². The summed E-state index contributed by atoms with van der Waals surface area (Å²) in [5.74, 6) is 2.02. The quantitative estimate of drug-likeness (QED) is 0.0343. The molecule has 0 fully saturated rings. The van der Waals surface area contributed by atoms with E-state index in [1.807, 2.05) is 0 Å². The van der Waals surface area contributed by atoms with Gasteiger partial charge in [-0.15, -0.1) is 0 Å². The normalized spacial score (nSPS) is 11.9. The molecule has 2 heteroatoms. The van der Waals surface area contributed by atoms with Gasteiger partial charge in [0, 0.05) is 0 Å². The zero-order chi connectivity index (χ0) is 53.2. The molecule has 2 nitrogen and oxygen atoms in total. The van der Waals surface area contributed by atoms with Crippen molar-refractivity contribution in [3.05, 3.63) is 0 Å². The Balaban J connectivity index is 3.87. The molecule has 0 aromatic rings. The molecule has 0 spiro atoms. The molecular formula is C72H146O2. The molecule has 0 saturated heterocycles. The minimum absolute atomic E-state index is 0.777. The Morgan fingerprint density at radius 3 is 0.419 bits per heavy atom. The van der Waals surface area contributed by atoms with Crippen molar-refractivity contribution in [1.82, 2.24) is 0 Å². The smallest absolute Gasteiger partial charge is 0.0822 e. The van der Waals surface area contributed by atoms with E-state index in [1.165, 1.54) is 398 Å². The van der Waals surface area contributed by atoms with Gasteiger partial charge in [0.15, 0.2) is 0 Å². The highest BCUT2D eigenvalue weighted by atomic mass is 17.2. The van der Waals surface area contributed by atoms with Crippen LogP contribution in [0.1, 0.15) is 439 Å². The molecule has 446 valence electrons. The first-order valence-corrected chi connectivity index (χ1v) is 36.0. The highest BCUT2D eigenvalue weighted by molar-refractivity contribution is 4.65. The van der Waals surface area contributed by atoms with Gasteiger partial charge in [0.05, 0.1) is 13.2 Å². The summed E-state index contributed by atoms with van der Waals surface area (Å²) in [4.78, 5) is 11.1. The molecule has 0 rings (SSSR count). The lowest BCUT2D eigenvalue weighted by atomic mass is 9.89. The second-order valence-corrected chi connectivity index (χ2v) is 25.2. The predicted octanol–water partition coefficient (Wildman–Crippen LogP) is 27.2. The fourth-order valence-electron chi connectivity index (χ4n) is 12.3.